The predicted molar refractivity (Wildman–Crippen MR) is 119 cm³/mol. The molecule has 1 heterocycles. The highest BCUT2D eigenvalue weighted by atomic mass is 32.2. The molecule has 0 radical (unpaired) electrons. The number of rotatable bonds is 6. The Bertz CT molecular complexity index is 1290. The van der Waals surface area contributed by atoms with Crippen LogP contribution in [0.5, 0.6) is 0 Å². The van der Waals surface area contributed by atoms with E-state index in [4.69, 9.17) is 0 Å². The molecule has 0 aliphatic rings. The Balaban J connectivity index is 1.80. The fraction of sp³-hybridized carbons (Fsp3) is 0.0870. The van der Waals surface area contributed by atoms with E-state index in [9.17, 15) is 15.4 Å². The van der Waals surface area contributed by atoms with Crippen molar-refractivity contribution in [3.05, 3.63) is 94.2 Å². The molecule has 0 saturated carbocycles. The molecule has 148 valence electrons. The molecule has 0 aliphatic heterocycles. The SMILES string of the molecule is CNc1ccc2c(Sc3ccccc3[N+](=O)[O-])cn(Cc3cccc(C#N)c3)c2c1. The number of nitro groups is 1. The van der Waals surface area contributed by atoms with E-state index < -0.39 is 0 Å². The number of nitro benzene ring substituents is 1. The van der Waals surface area contributed by atoms with Crippen molar-refractivity contribution >= 4 is 34.0 Å². The largest absolute Gasteiger partial charge is 0.388 e. The van der Waals surface area contributed by atoms with Crippen LogP contribution in [0.3, 0.4) is 0 Å². The van der Waals surface area contributed by atoms with Gasteiger partial charge >= 0.3 is 0 Å². The highest BCUT2D eigenvalue weighted by Gasteiger charge is 2.17. The van der Waals surface area contributed by atoms with E-state index in [1.165, 1.54) is 17.8 Å². The van der Waals surface area contributed by atoms with E-state index in [0.29, 0.717) is 17.0 Å². The van der Waals surface area contributed by atoms with Crippen LogP contribution in [0.15, 0.2) is 82.7 Å². The number of hydrogen-bond donors (Lipinski definition) is 1. The van der Waals surface area contributed by atoms with Gasteiger partial charge < -0.3 is 9.88 Å². The minimum Gasteiger partial charge on any atom is -0.388 e. The first-order valence-corrected chi connectivity index (χ1v) is 10.1. The van der Waals surface area contributed by atoms with Gasteiger partial charge in [-0.05, 0) is 42.0 Å². The lowest BCUT2D eigenvalue weighted by Gasteiger charge is -2.07. The van der Waals surface area contributed by atoms with Gasteiger partial charge in [-0.3, -0.25) is 10.1 Å². The van der Waals surface area contributed by atoms with Crippen LogP contribution in [0.2, 0.25) is 0 Å². The minimum atomic E-state index is -0.353. The van der Waals surface area contributed by atoms with Gasteiger partial charge in [0.25, 0.3) is 5.69 Å². The smallest absolute Gasteiger partial charge is 0.283 e. The molecule has 30 heavy (non-hydrogen) atoms. The summed E-state index contributed by atoms with van der Waals surface area (Å²) in [6.07, 6.45) is 2.02. The third kappa shape index (κ3) is 3.86. The molecule has 1 N–H and O–H groups in total. The zero-order valence-corrected chi connectivity index (χ0v) is 17.0. The van der Waals surface area contributed by atoms with Gasteiger partial charge in [-0.1, -0.05) is 36.0 Å². The van der Waals surface area contributed by atoms with E-state index in [1.807, 2.05) is 43.6 Å². The quantitative estimate of drug-likeness (QED) is 0.325. The van der Waals surface area contributed by atoms with Crippen LogP contribution >= 0.6 is 11.8 Å². The second-order valence-electron chi connectivity index (χ2n) is 6.74. The lowest BCUT2D eigenvalue weighted by molar-refractivity contribution is -0.387. The second-order valence-corrected chi connectivity index (χ2v) is 7.83. The first-order valence-electron chi connectivity index (χ1n) is 9.30. The van der Waals surface area contributed by atoms with Gasteiger partial charge in [-0.15, -0.1) is 0 Å². The van der Waals surface area contributed by atoms with Crippen LogP contribution in [0.1, 0.15) is 11.1 Å². The van der Waals surface area contributed by atoms with E-state index in [1.54, 1.807) is 24.3 Å². The average molecular weight is 414 g/mol. The van der Waals surface area contributed by atoms with Crippen LogP contribution in [-0.2, 0) is 6.54 Å². The average Bonchev–Trinajstić information content (AvgIpc) is 3.10. The van der Waals surface area contributed by atoms with Crippen molar-refractivity contribution in [2.45, 2.75) is 16.3 Å². The Kier molecular flexibility index (Phi) is 5.42. The molecule has 4 rings (SSSR count). The number of hydrogen-bond acceptors (Lipinski definition) is 5. The highest BCUT2D eigenvalue weighted by molar-refractivity contribution is 7.99. The number of para-hydroxylation sites is 1. The number of anilines is 1. The number of nitrogens with one attached hydrogen (secondary N) is 1. The summed E-state index contributed by atoms with van der Waals surface area (Å²) in [5.41, 5.74) is 3.73. The maximum Gasteiger partial charge on any atom is 0.283 e. The highest BCUT2D eigenvalue weighted by Crippen LogP contribution is 2.40. The Labute approximate surface area is 177 Å². The fourth-order valence-corrected chi connectivity index (χ4v) is 4.47. The molecule has 0 saturated heterocycles. The molecule has 7 heteroatoms. The van der Waals surface area contributed by atoms with E-state index in [-0.39, 0.29) is 10.6 Å². The van der Waals surface area contributed by atoms with Gasteiger partial charge in [0.2, 0.25) is 0 Å². The number of benzene rings is 3. The van der Waals surface area contributed by atoms with E-state index >= 15 is 0 Å². The van der Waals surface area contributed by atoms with Crippen LogP contribution in [-0.4, -0.2) is 16.5 Å². The topological polar surface area (TPSA) is 83.9 Å². The van der Waals surface area contributed by atoms with Crippen molar-refractivity contribution in [1.82, 2.24) is 4.57 Å². The summed E-state index contributed by atoms with van der Waals surface area (Å²) in [7, 11) is 1.87. The van der Waals surface area contributed by atoms with Crippen molar-refractivity contribution in [2.75, 3.05) is 12.4 Å². The number of fused-ring (bicyclic) bond motifs is 1. The summed E-state index contributed by atoms with van der Waals surface area (Å²) < 4.78 is 2.11. The third-order valence-corrected chi connectivity index (χ3v) is 5.94. The number of nitrogens with zero attached hydrogens (tertiary/aromatic N) is 3. The summed E-state index contributed by atoms with van der Waals surface area (Å²) in [5, 5.41) is 24.8. The first-order chi connectivity index (χ1) is 14.6. The molecule has 0 bridgehead atoms. The molecule has 0 aliphatic carbocycles. The van der Waals surface area contributed by atoms with Crippen LogP contribution in [0, 0.1) is 21.4 Å². The molecule has 0 atom stereocenters. The summed E-state index contributed by atoms with van der Waals surface area (Å²) in [6, 6.07) is 22.6. The van der Waals surface area contributed by atoms with Crippen molar-refractivity contribution < 1.29 is 4.92 Å². The Morgan fingerprint density at radius 2 is 1.93 bits per heavy atom. The van der Waals surface area contributed by atoms with Crippen molar-refractivity contribution in [2.24, 2.45) is 0 Å². The Morgan fingerprint density at radius 3 is 2.70 bits per heavy atom. The van der Waals surface area contributed by atoms with Crippen molar-refractivity contribution in [3.8, 4) is 6.07 Å². The van der Waals surface area contributed by atoms with E-state index in [0.717, 1.165) is 27.0 Å². The lowest BCUT2D eigenvalue weighted by atomic mass is 10.1. The molecule has 0 spiro atoms. The summed E-state index contributed by atoms with van der Waals surface area (Å²) in [5.74, 6) is 0. The zero-order valence-electron chi connectivity index (χ0n) is 16.2. The first kappa shape index (κ1) is 19.6. The molecule has 0 amide bonds. The molecule has 0 fully saturated rings. The van der Waals surface area contributed by atoms with E-state index in [2.05, 4.69) is 22.0 Å². The molecule has 0 unspecified atom stereocenters. The Hall–Kier alpha value is -3.76. The molecular weight excluding hydrogens is 396 g/mol. The molecular formula is C23H18N4O2S. The zero-order chi connectivity index (χ0) is 21.1. The molecule has 1 aromatic heterocycles. The van der Waals surface area contributed by atoms with Crippen molar-refractivity contribution in [1.29, 1.82) is 5.26 Å². The van der Waals surface area contributed by atoms with Crippen molar-refractivity contribution in [3.63, 3.8) is 0 Å². The summed E-state index contributed by atoms with van der Waals surface area (Å²) >= 11 is 1.39. The van der Waals surface area contributed by atoms with Gasteiger partial charge in [-0.25, -0.2) is 0 Å². The third-order valence-electron chi connectivity index (χ3n) is 4.83. The van der Waals surface area contributed by atoms with Crippen LogP contribution in [0.4, 0.5) is 11.4 Å². The number of nitriles is 1. The summed E-state index contributed by atoms with van der Waals surface area (Å²) in [6.45, 7) is 0.594. The molecule has 6 nitrogen and oxygen atoms in total. The maximum atomic E-state index is 11.4. The standard InChI is InChI=1S/C23H18N4O2S/c1-25-18-9-10-19-21(12-18)26(14-17-6-4-5-16(11-17)13-24)15-23(19)30-22-8-3-2-7-20(22)27(28)29/h2-12,15,25H,14H2,1H3. The lowest BCUT2D eigenvalue weighted by Crippen LogP contribution is -1.98. The van der Waals surface area contributed by atoms with Crippen LogP contribution in [0.25, 0.3) is 10.9 Å². The fourth-order valence-electron chi connectivity index (χ4n) is 3.37. The van der Waals surface area contributed by atoms with Gasteiger partial charge in [0.15, 0.2) is 0 Å². The Morgan fingerprint density at radius 1 is 1.10 bits per heavy atom. The van der Waals surface area contributed by atoms with Gasteiger partial charge in [0, 0.05) is 41.8 Å². The monoisotopic (exact) mass is 414 g/mol. The molecule has 3 aromatic carbocycles. The van der Waals surface area contributed by atoms with Gasteiger partial charge in [0.1, 0.15) is 0 Å². The predicted octanol–water partition coefficient (Wildman–Crippen LogP) is 5.66. The van der Waals surface area contributed by atoms with Gasteiger partial charge in [-0.2, -0.15) is 5.26 Å². The number of aromatic nitrogens is 1. The maximum absolute atomic E-state index is 11.4. The van der Waals surface area contributed by atoms with Crippen LogP contribution < -0.4 is 5.32 Å². The minimum absolute atomic E-state index is 0.0944. The summed E-state index contributed by atoms with van der Waals surface area (Å²) in [4.78, 5) is 12.6. The van der Waals surface area contributed by atoms with Gasteiger partial charge in [0.05, 0.1) is 27.0 Å². The normalized spacial score (nSPS) is 10.7. The molecule has 4 aromatic rings. The second kappa shape index (κ2) is 8.31.